The van der Waals surface area contributed by atoms with Crippen molar-refractivity contribution in [2.45, 2.75) is 18.0 Å². The number of H-pyrrole nitrogens is 1. The van der Waals surface area contributed by atoms with Crippen LogP contribution in [0.15, 0.2) is 53.7 Å². The molecule has 2 aromatic carbocycles. The highest BCUT2D eigenvalue weighted by molar-refractivity contribution is 7.99. The number of benzene rings is 2. The van der Waals surface area contributed by atoms with Crippen molar-refractivity contribution >= 4 is 40.1 Å². The lowest BCUT2D eigenvalue weighted by Crippen LogP contribution is -2.15. The number of aromatic amines is 1. The molecular formula is C20H19N7O3S. The molecule has 11 heteroatoms. The van der Waals surface area contributed by atoms with Crippen molar-refractivity contribution < 1.29 is 9.72 Å². The number of fused-ring (bicyclic) bond motifs is 1. The van der Waals surface area contributed by atoms with Crippen LogP contribution in [0, 0.1) is 10.1 Å². The molecule has 0 aliphatic carbocycles. The Morgan fingerprint density at radius 1 is 1.16 bits per heavy atom. The van der Waals surface area contributed by atoms with Crippen LogP contribution in [0.5, 0.6) is 0 Å². The summed E-state index contributed by atoms with van der Waals surface area (Å²) in [5.74, 6) is 1.36. The summed E-state index contributed by atoms with van der Waals surface area (Å²) in [6.07, 6.45) is 1.33. The maximum absolute atomic E-state index is 12.3. The molecule has 0 fully saturated rings. The van der Waals surface area contributed by atoms with Crippen molar-refractivity contribution in [3.63, 3.8) is 0 Å². The van der Waals surface area contributed by atoms with Gasteiger partial charge < -0.3 is 14.9 Å². The Morgan fingerprint density at radius 2 is 1.94 bits per heavy atom. The predicted molar refractivity (Wildman–Crippen MR) is 117 cm³/mol. The molecule has 158 valence electrons. The summed E-state index contributed by atoms with van der Waals surface area (Å²) in [5, 5.41) is 22.6. The number of nitrogens with one attached hydrogen (secondary N) is 2. The number of nitro groups is 1. The van der Waals surface area contributed by atoms with Crippen LogP contribution in [0.2, 0.25) is 0 Å². The second-order valence-corrected chi connectivity index (χ2v) is 7.71. The van der Waals surface area contributed by atoms with Crippen LogP contribution in [0.1, 0.15) is 11.6 Å². The van der Waals surface area contributed by atoms with E-state index in [1.54, 1.807) is 12.1 Å². The summed E-state index contributed by atoms with van der Waals surface area (Å²) >= 11 is 1.22. The highest BCUT2D eigenvalue weighted by Gasteiger charge is 2.16. The molecule has 2 N–H and O–H groups in total. The second kappa shape index (κ2) is 8.96. The van der Waals surface area contributed by atoms with Crippen LogP contribution in [-0.4, -0.2) is 41.3 Å². The van der Waals surface area contributed by atoms with Gasteiger partial charge >= 0.3 is 0 Å². The molecule has 2 heterocycles. The van der Waals surface area contributed by atoms with Gasteiger partial charge in [0.15, 0.2) is 5.16 Å². The molecule has 31 heavy (non-hydrogen) atoms. The fourth-order valence-electron chi connectivity index (χ4n) is 3.10. The number of hydrogen-bond donors (Lipinski definition) is 2. The summed E-state index contributed by atoms with van der Waals surface area (Å²) in [4.78, 5) is 30.6. The maximum Gasteiger partial charge on any atom is 0.292 e. The van der Waals surface area contributed by atoms with E-state index in [9.17, 15) is 14.9 Å². The van der Waals surface area contributed by atoms with Gasteiger partial charge in [-0.25, -0.2) is 4.98 Å². The van der Waals surface area contributed by atoms with Crippen molar-refractivity contribution in [2.24, 2.45) is 7.05 Å². The van der Waals surface area contributed by atoms with Crippen LogP contribution in [0.3, 0.4) is 0 Å². The Labute approximate surface area is 181 Å². The largest absolute Gasteiger partial charge is 0.342 e. The van der Waals surface area contributed by atoms with E-state index in [0.717, 1.165) is 22.7 Å². The first-order chi connectivity index (χ1) is 15.0. The fourth-order valence-corrected chi connectivity index (χ4v) is 3.83. The fraction of sp³-hybridized carbons (Fsp3) is 0.200. The van der Waals surface area contributed by atoms with E-state index in [1.807, 2.05) is 35.9 Å². The zero-order valence-corrected chi connectivity index (χ0v) is 17.4. The Kier molecular flexibility index (Phi) is 5.94. The molecule has 0 atom stereocenters. The number of nitro benzene ring substituents is 1. The van der Waals surface area contributed by atoms with Crippen LogP contribution < -0.4 is 5.32 Å². The summed E-state index contributed by atoms with van der Waals surface area (Å²) in [5.41, 5.74) is 1.95. The number of carbonyl (C=O) groups is 1. The number of imidazole rings is 1. The Bertz CT molecular complexity index is 1220. The molecule has 10 nitrogen and oxygen atoms in total. The van der Waals surface area contributed by atoms with E-state index in [2.05, 4.69) is 25.5 Å². The summed E-state index contributed by atoms with van der Waals surface area (Å²) in [7, 11) is 1.84. The van der Waals surface area contributed by atoms with Gasteiger partial charge in [0.2, 0.25) is 5.91 Å². The summed E-state index contributed by atoms with van der Waals surface area (Å²) in [6.45, 7) is 0. The molecule has 0 saturated carbocycles. The van der Waals surface area contributed by atoms with Gasteiger partial charge in [0.1, 0.15) is 17.3 Å². The molecule has 0 saturated heterocycles. The zero-order chi connectivity index (χ0) is 21.8. The quantitative estimate of drug-likeness (QED) is 0.246. The minimum atomic E-state index is -0.528. The normalized spacial score (nSPS) is 11.0. The third-order valence-electron chi connectivity index (χ3n) is 4.66. The smallest absolute Gasteiger partial charge is 0.292 e. The number of hydrogen-bond acceptors (Lipinski definition) is 7. The number of thioether (sulfide) groups is 1. The lowest BCUT2D eigenvalue weighted by molar-refractivity contribution is -0.383. The van der Waals surface area contributed by atoms with Gasteiger partial charge in [-0.2, -0.15) is 0 Å². The molecule has 1 amide bonds. The molecule has 0 spiro atoms. The number of nitrogens with zero attached hydrogens (tertiary/aromatic N) is 5. The first-order valence-corrected chi connectivity index (χ1v) is 10.5. The van der Waals surface area contributed by atoms with E-state index >= 15 is 0 Å². The first kappa shape index (κ1) is 20.5. The van der Waals surface area contributed by atoms with E-state index in [4.69, 9.17) is 0 Å². The second-order valence-electron chi connectivity index (χ2n) is 6.77. The Morgan fingerprint density at radius 3 is 2.74 bits per heavy atom. The first-order valence-electron chi connectivity index (χ1n) is 9.49. The minimum Gasteiger partial charge on any atom is -0.342 e. The topological polar surface area (TPSA) is 132 Å². The summed E-state index contributed by atoms with van der Waals surface area (Å²) in [6, 6.07) is 13.9. The van der Waals surface area contributed by atoms with Gasteiger partial charge in [-0.15, -0.1) is 10.2 Å². The van der Waals surface area contributed by atoms with Gasteiger partial charge in [0, 0.05) is 26.0 Å². The average Bonchev–Trinajstić information content (AvgIpc) is 3.33. The zero-order valence-electron chi connectivity index (χ0n) is 16.6. The highest BCUT2D eigenvalue weighted by atomic mass is 32.2. The van der Waals surface area contributed by atoms with E-state index in [1.165, 1.54) is 23.9 Å². The van der Waals surface area contributed by atoms with E-state index < -0.39 is 4.92 Å². The standard InChI is InChI=1S/C20H19N7O3S/c1-26-18(11-10-17-21-13-6-2-3-7-14(13)22-17)24-25-20(26)31-12-19(28)23-15-8-4-5-9-16(15)27(29)30/h2-9H,10-12H2,1H3,(H,21,22)(H,23,28). The van der Waals surface area contributed by atoms with E-state index in [-0.39, 0.29) is 23.0 Å². The predicted octanol–water partition coefficient (Wildman–Crippen LogP) is 3.12. The lowest BCUT2D eigenvalue weighted by Gasteiger charge is -2.06. The minimum absolute atomic E-state index is 0.0571. The number of aryl methyl sites for hydroxylation is 2. The van der Waals surface area contributed by atoms with Gasteiger partial charge in [-0.1, -0.05) is 36.0 Å². The SMILES string of the molecule is Cn1c(CCc2nc3ccccc3[nH]2)nnc1SCC(=O)Nc1ccccc1[N+](=O)[O-]. The van der Waals surface area contributed by atoms with E-state index in [0.29, 0.717) is 18.0 Å². The van der Waals surface area contributed by atoms with Crippen molar-refractivity contribution in [3.8, 4) is 0 Å². The number of para-hydroxylation sites is 4. The number of rotatable bonds is 8. The van der Waals surface area contributed by atoms with Crippen molar-refractivity contribution in [2.75, 3.05) is 11.1 Å². The summed E-state index contributed by atoms with van der Waals surface area (Å²) < 4.78 is 1.84. The Hall–Kier alpha value is -3.73. The maximum atomic E-state index is 12.3. The highest BCUT2D eigenvalue weighted by Crippen LogP contribution is 2.24. The third kappa shape index (κ3) is 4.72. The number of aromatic nitrogens is 5. The number of carbonyl (C=O) groups excluding carboxylic acids is 1. The van der Waals surface area contributed by atoms with Crippen LogP contribution >= 0.6 is 11.8 Å². The molecular weight excluding hydrogens is 418 g/mol. The molecule has 2 aromatic heterocycles. The number of amides is 1. The molecule has 0 radical (unpaired) electrons. The van der Waals surface area contributed by atoms with Gasteiger partial charge in [0.05, 0.1) is 21.7 Å². The van der Waals surface area contributed by atoms with Crippen molar-refractivity contribution in [1.82, 2.24) is 24.7 Å². The lowest BCUT2D eigenvalue weighted by atomic mass is 10.2. The monoisotopic (exact) mass is 437 g/mol. The molecule has 4 aromatic rings. The molecule has 0 unspecified atom stereocenters. The van der Waals surface area contributed by atoms with Crippen molar-refractivity contribution in [3.05, 3.63) is 70.3 Å². The van der Waals surface area contributed by atoms with Gasteiger partial charge in [0.25, 0.3) is 5.69 Å². The van der Waals surface area contributed by atoms with Crippen molar-refractivity contribution in [1.29, 1.82) is 0 Å². The molecule has 4 rings (SSSR count). The third-order valence-corrected chi connectivity index (χ3v) is 5.68. The molecule has 0 bridgehead atoms. The van der Waals surface area contributed by atoms with Crippen LogP contribution in [-0.2, 0) is 24.7 Å². The molecule has 0 aliphatic heterocycles. The van der Waals surface area contributed by atoms with Crippen LogP contribution in [0.25, 0.3) is 11.0 Å². The molecule has 0 aliphatic rings. The Balaban J connectivity index is 1.34. The average molecular weight is 437 g/mol. The van der Waals surface area contributed by atoms with Crippen LogP contribution in [0.4, 0.5) is 11.4 Å². The van der Waals surface area contributed by atoms with Gasteiger partial charge in [-0.3, -0.25) is 14.9 Å². The van der Waals surface area contributed by atoms with Gasteiger partial charge in [-0.05, 0) is 18.2 Å². The number of anilines is 1.